The van der Waals surface area contributed by atoms with E-state index in [0.29, 0.717) is 24.0 Å². The predicted molar refractivity (Wildman–Crippen MR) is 49.2 cm³/mol. The van der Waals surface area contributed by atoms with Gasteiger partial charge >= 0.3 is 0 Å². The van der Waals surface area contributed by atoms with Crippen molar-refractivity contribution in [3.63, 3.8) is 0 Å². The first-order valence-corrected chi connectivity index (χ1v) is 6.88. The molecule has 5 heteroatoms. The summed E-state index contributed by atoms with van der Waals surface area (Å²) in [5.74, 6) is 1.09. The highest BCUT2D eigenvalue weighted by Gasteiger charge is 2.59. The fourth-order valence-corrected chi connectivity index (χ4v) is 3.76. The van der Waals surface area contributed by atoms with Crippen molar-refractivity contribution in [1.82, 2.24) is 0 Å². The van der Waals surface area contributed by atoms with Crippen LogP contribution in [0.3, 0.4) is 0 Å². The zero-order chi connectivity index (χ0) is 9.92. The van der Waals surface area contributed by atoms with Gasteiger partial charge in [0, 0.05) is 0 Å². The molecule has 3 fully saturated rings. The van der Waals surface area contributed by atoms with Gasteiger partial charge in [-0.25, -0.2) is 0 Å². The van der Waals surface area contributed by atoms with Gasteiger partial charge < -0.3 is 4.74 Å². The van der Waals surface area contributed by atoms with Crippen molar-refractivity contribution in [1.29, 1.82) is 0 Å². The van der Waals surface area contributed by atoms with E-state index >= 15 is 0 Å². The third-order valence-electron chi connectivity index (χ3n) is 3.54. The Balaban J connectivity index is 1.69. The number of epoxide rings is 1. The summed E-state index contributed by atoms with van der Waals surface area (Å²) in [4.78, 5) is 0. The summed E-state index contributed by atoms with van der Waals surface area (Å²) in [6, 6.07) is 0. The molecule has 3 rings (SSSR count). The largest absolute Gasteiger partial charge is 0.369 e. The topological polar surface area (TPSA) is 55.9 Å². The first-order valence-electron chi connectivity index (χ1n) is 5.06. The maximum atomic E-state index is 11.0. The van der Waals surface area contributed by atoms with Gasteiger partial charge in [-0.3, -0.25) is 4.18 Å². The van der Waals surface area contributed by atoms with E-state index in [1.165, 1.54) is 6.42 Å². The summed E-state index contributed by atoms with van der Waals surface area (Å²) in [5, 5.41) is 0. The Labute approximate surface area is 83.7 Å². The minimum Gasteiger partial charge on any atom is -0.369 e. The lowest BCUT2D eigenvalue weighted by Crippen LogP contribution is -2.29. The SMILES string of the molecule is CS(=O)(=O)OC1CC2CC(C1)[C@@H]1O[C@H]21. The molecule has 14 heavy (non-hydrogen) atoms. The minimum absolute atomic E-state index is 0.0925. The minimum atomic E-state index is -3.29. The number of hydrogen-bond acceptors (Lipinski definition) is 4. The molecule has 4 nitrogen and oxygen atoms in total. The van der Waals surface area contributed by atoms with E-state index in [-0.39, 0.29) is 6.10 Å². The standard InChI is InChI=1S/C9H14O4S/c1-14(10,11)13-7-3-5-2-6(4-7)9-8(5)12-9/h5-9H,2-4H2,1H3/t5?,6?,7?,8-,9+. The maximum absolute atomic E-state index is 11.0. The summed E-state index contributed by atoms with van der Waals surface area (Å²) in [6.07, 6.45) is 4.79. The van der Waals surface area contributed by atoms with Crippen LogP contribution < -0.4 is 0 Å². The molecule has 1 heterocycles. The van der Waals surface area contributed by atoms with Gasteiger partial charge in [0.25, 0.3) is 10.1 Å². The number of ether oxygens (including phenoxy) is 1. The van der Waals surface area contributed by atoms with Crippen LogP contribution in [0.2, 0.25) is 0 Å². The van der Waals surface area contributed by atoms with Crippen LogP contribution in [0, 0.1) is 11.8 Å². The fraction of sp³-hybridized carbons (Fsp3) is 1.00. The average molecular weight is 218 g/mol. The third-order valence-corrected chi connectivity index (χ3v) is 4.16. The van der Waals surface area contributed by atoms with Crippen LogP contribution in [-0.4, -0.2) is 33.0 Å². The molecule has 0 aromatic carbocycles. The number of rotatable bonds is 2. The van der Waals surface area contributed by atoms with Gasteiger partial charge in [-0.1, -0.05) is 0 Å². The first-order chi connectivity index (χ1) is 6.53. The Morgan fingerprint density at radius 3 is 2.21 bits per heavy atom. The molecule has 1 saturated heterocycles. The highest BCUT2D eigenvalue weighted by Crippen LogP contribution is 2.54. The molecule has 2 aliphatic carbocycles. The number of fused-ring (bicyclic) bond motifs is 5. The quantitative estimate of drug-likeness (QED) is 0.501. The van der Waals surface area contributed by atoms with E-state index in [4.69, 9.17) is 8.92 Å². The normalized spacial score (nSPS) is 50.2. The first kappa shape index (κ1) is 9.12. The molecule has 80 valence electrons. The second-order valence-corrected chi connectivity index (χ2v) is 6.32. The summed E-state index contributed by atoms with van der Waals surface area (Å²) < 4.78 is 32.5. The second-order valence-electron chi connectivity index (χ2n) is 4.71. The molecule has 2 bridgehead atoms. The van der Waals surface area contributed by atoms with E-state index in [0.717, 1.165) is 19.1 Å². The van der Waals surface area contributed by atoms with Gasteiger partial charge in [0.15, 0.2) is 0 Å². The van der Waals surface area contributed by atoms with Crippen molar-refractivity contribution >= 4 is 10.1 Å². The van der Waals surface area contributed by atoms with Crippen molar-refractivity contribution in [3.8, 4) is 0 Å². The molecule has 0 N–H and O–H groups in total. The van der Waals surface area contributed by atoms with Crippen molar-refractivity contribution < 1.29 is 17.3 Å². The van der Waals surface area contributed by atoms with Crippen LogP contribution in [-0.2, 0) is 19.0 Å². The van der Waals surface area contributed by atoms with E-state index in [1.807, 2.05) is 0 Å². The van der Waals surface area contributed by atoms with Crippen LogP contribution in [0.25, 0.3) is 0 Å². The molecule has 0 spiro atoms. The van der Waals surface area contributed by atoms with Crippen molar-refractivity contribution in [2.75, 3.05) is 6.26 Å². The summed E-state index contributed by atoms with van der Waals surface area (Å²) in [7, 11) is -3.29. The Morgan fingerprint density at radius 2 is 1.71 bits per heavy atom. The Bertz CT molecular complexity index is 334. The van der Waals surface area contributed by atoms with Gasteiger partial charge in [0.2, 0.25) is 0 Å². The second kappa shape index (κ2) is 2.71. The summed E-state index contributed by atoms with van der Waals surface area (Å²) >= 11 is 0. The lowest BCUT2D eigenvalue weighted by molar-refractivity contribution is 0.0730. The molecule has 0 aromatic heterocycles. The van der Waals surface area contributed by atoms with Gasteiger partial charge in [-0.2, -0.15) is 8.42 Å². The lowest BCUT2D eigenvalue weighted by Gasteiger charge is -2.28. The van der Waals surface area contributed by atoms with Gasteiger partial charge in [0.05, 0.1) is 24.6 Å². The summed E-state index contributed by atoms with van der Waals surface area (Å²) in [6.45, 7) is 0. The molecular weight excluding hydrogens is 204 g/mol. The molecular formula is C9H14O4S. The van der Waals surface area contributed by atoms with Gasteiger partial charge in [-0.15, -0.1) is 0 Å². The van der Waals surface area contributed by atoms with Crippen molar-refractivity contribution in [2.45, 2.75) is 37.6 Å². The highest BCUT2D eigenvalue weighted by molar-refractivity contribution is 7.86. The molecule has 2 saturated carbocycles. The van der Waals surface area contributed by atoms with E-state index < -0.39 is 10.1 Å². The smallest absolute Gasteiger partial charge is 0.264 e. The average Bonchev–Trinajstić information content (AvgIpc) is 2.73. The Morgan fingerprint density at radius 1 is 1.14 bits per heavy atom. The van der Waals surface area contributed by atoms with Crippen LogP contribution in [0.15, 0.2) is 0 Å². The molecule has 1 aliphatic heterocycles. The van der Waals surface area contributed by atoms with Crippen LogP contribution in [0.1, 0.15) is 19.3 Å². The zero-order valence-corrected chi connectivity index (χ0v) is 8.87. The van der Waals surface area contributed by atoms with Gasteiger partial charge in [-0.05, 0) is 31.1 Å². The van der Waals surface area contributed by atoms with Crippen molar-refractivity contribution in [3.05, 3.63) is 0 Å². The Hall–Kier alpha value is -0.130. The molecule has 3 aliphatic rings. The monoisotopic (exact) mass is 218 g/mol. The predicted octanol–water partition coefficient (Wildman–Crippen LogP) is 0.528. The van der Waals surface area contributed by atoms with Crippen LogP contribution in [0.5, 0.6) is 0 Å². The molecule has 5 atom stereocenters. The Kier molecular flexibility index (Phi) is 1.77. The van der Waals surface area contributed by atoms with Crippen LogP contribution >= 0.6 is 0 Å². The fourth-order valence-electron chi connectivity index (χ4n) is 3.11. The van der Waals surface area contributed by atoms with Gasteiger partial charge in [0.1, 0.15) is 0 Å². The van der Waals surface area contributed by atoms with Crippen LogP contribution in [0.4, 0.5) is 0 Å². The van der Waals surface area contributed by atoms with Crippen molar-refractivity contribution in [2.24, 2.45) is 11.8 Å². The molecule has 0 aromatic rings. The molecule has 3 unspecified atom stereocenters. The van der Waals surface area contributed by atoms with E-state index in [2.05, 4.69) is 0 Å². The highest BCUT2D eigenvalue weighted by atomic mass is 32.2. The maximum Gasteiger partial charge on any atom is 0.264 e. The van der Waals surface area contributed by atoms with E-state index in [9.17, 15) is 8.42 Å². The molecule has 0 amide bonds. The zero-order valence-electron chi connectivity index (χ0n) is 8.05. The third kappa shape index (κ3) is 1.47. The van der Waals surface area contributed by atoms with E-state index in [1.54, 1.807) is 0 Å². The number of hydrogen-bond donors (Lipinski definition) is 0. The lowest BCUT2D eigenvalue weighted by atomic mass is 9.86. The summed E-state index contributed by atoms with van der Waals surface area (Å²) in [5.41, 5.74) is 0. The molecule has 0 radical (unpaired) electrons.